The maximum Gasteiger partial charge on any atom is 0.416 e. The molecule has 2 aliphatic heterocycles. The van der Waals surface area contributed by atoms with E-state index in [0.29, 0.717) is 23.4 Å². The molecule has 3 aromatic rings. The van der Waals surface area contributed by atoms with Gasteiger partial charge in [-0.3, -0.25) is 14.5 Å². The zero-order valence-electron chi connectivity index (χ0n) is 25.8. The van der Waals surface area contributed by atoms with Crippen LogP contribution in [0.2, 0.25) is 0 Å². The Bertz CT molecular complexity index is 1510. The van der Waals surface area contributed by atoms with Gasteiger partial charge < -0.3 is 19.9 Å². The van der Waals surface area contributed by atoms with Crippen molar-refractivity contribution in [3.8, 4) is 5.75 Å². The summed E-state index contributed by atoms with van der Waals surface area (Å²) in [6, 6.07) is 17.3. The van der Waals surface area contributed by atoms with E-state index in [4.69, 9.17) is 4.74 Å². The quantitative estimate of drug-likeness (QED) is 0.300. The molecule has 0 bridgehead atoms. The van der Waals surface area contributed by atoms with Crippen LogP contribution in [0.1, 0.15) is 51.5 Å². The van der Waals surface area contributed by atoms with E-state index in [0.717, 1.165) is 32.5 Å². The number of nitrogens with one attached hydrogen (secondary N) is 1. The van der Waals surface area contributed by atoms with Crippen LogP contribution in [-0.4, -0.2) is 78.9 Å². The Hall–Kier alpha value is -4.10. The maximum atomic E-state index is 13.6. The van der Waals surface area contributed by atoms with E-state index in [1.807, 2.05) is 18.2 Å². The van der Waals surface area contributed by atoms with Crippen LogP contribution in [0, 0.1) is 0 Å². The van der Waals surface area contributed by atoms with Crippen LogP contribution in [-0.2, 0) is 23.7 Å². The lowest BCUT2D eigenvalue weighted by molar-refractivity contribution is -0.143. The van der Waals surface area contributed by atoms with Crippen molar-refractivity contribution >= 4 is 11.8 Å². The third-order valence-electron chi connectivity index (χ3n) is 8.68. The minimum atomic E-state index is -5.09. The van der Waals surface area contributed by atoms with E-state index in [9.17, 15) is 35.9 Å². The zero-order valence-corrected chi connectivity index (χ0v) is 25.8. The monoisotopic (exact) mass is 662 g/mol. The lowest BCUT2D eigenvalue weighted by atomic mass is 9.99. The highest BCUT2D eigenvalue weighted by Gasteiger charge is 2.39. The van der Waals surface area contributed by atoms with Gasteiger partial charge in [0.15, 0.2) is 0 Å². The maximum absolute atomic E-state index is 13.6. The van der Waals surface area contributed by atoms with Gasteiger partial charge in [0, 0.05) is 37.8 Å². The summed E-state index contributed by atoms with van der Waals surface area (Å²) in [6.45, 7) is 2.48. The summed E-state index contributed by atoms with van der Waals surface area (Å²) < 4.78 is 86.3. The smallest absolute Gasteiger partial charge is 0.416 e. The second-order valence-corrected chi connectivity index (χ2v) is 11.8. The van der Waals surface area contributed by atoms with Gasteiger partial charge >= 0.3 is 12.4 Å². The molecule has 1 unspecified atom stereocenters. The molecule has 3 aromatic carbocycles. The molecule has 0 spiro atoms. The molecule has 252 valence electrons. The molecule has 2 amide bonds. The molecule has 1 atom stereocenters. The van der Waals surface area contributed by atoms with Crippen LogP contribution in [0.5, 0.6) is 5.75 Å². The van der Waals surface area contributed by atoms with E-state index < -0.39 is 41.0 Å². The third-order valence-corrected chi connectivity index (χ3v) is 8.68. The van der Waals surface area contributed by atoms with Crippen molar-refractivity contribution in [3.05, 3.63) is 101 Å². The highest BCUT2D eigenvalue weighted by Crippen LogP contribution is 2.37. The molecule has 1 N–H and O–H groups in total. The van der Waals surface area contributed by atoms with Gasteiger partial charge in [-0.15, -0.1) is 0 Å². The molecule has 2 fully saturated rings. The molecule has 47 heavy (non-hydrogen) atoms. The first-order valence-electron chi connectivity index (χ1n) is 15.3. The predicted octanol–water partition coefficient (Wildman–Crippen LogP) is 6.01. The van der Waals surface area contributed by atoms with E-state index in [1.165, 1.54) is 17.6 Å². The fraction of sp³-hybridized carbons (Fsp3) is 0.412. The lowest BCUT2D eigenvalue weighted by Gasteiger charge is -2.42. The van der Waals surface area contributed by atoms with Crippen molar-refractivity contribution in [2.24, 2.45) is 0 Å². The van der Waals surface area contributed by atoms with Crippen LogP contribution in [0.3, 0.4) is 0 Å². The highest BCUT2D eigenvalue weighted by molar-refractivity contribution is 5.95. The number of alkyl halides is 6. The summed E-state index contributed by atoms with van der Waals surface area (Å²) in [5, 5.41) is 3.36. The van der Waals surface area contributed by atoms with Gasteiger partial charge in [-0.05, 0) is 67.4 Å². The highest BCUT2D eigenvalue weighted by atomic mass is 19.4. The number of hydrogen-bond donors (Lipinski definition) is 1. The number of ether oxygens (including phenoxy) is 1. The number of hydrogen-bond acceptors (Lipinski definition) is 5. The minimum absolute atomic E-state index is 0.00738. The third kappa shape index (κ3) is 8.63. The number of rotatable bonds is 8. The van der Waals surface area contributed by atoms with Crippen LogP contribution in [0.4, 0.5) is 26.3 Å². The summed E-state index contributed by atoms with van der Waals surface area (Å²) in [5.74, 6) is -0.719. The van der Waals surface area contributed by atoms with E-state index >= 15 is 0 Å². The van der Waals surface area contributed by atoms with E-state index in [2.05, 4.69) is 22.3 Å². The molecule has 13 heteroatoms. The molecule has 5 rings (SSSR count). The molecule has 2 aliphatic rings. The van der Waals surface area contributed by atoms with Crippen molar-refractivity contribution in [2.75, 3.05) is 46.4 Å². The van der Waals surface area contributed by atoms with Gasteiger partial charge in [0.1, 0.15) is 5.75 Å². The van der Waals surface area contributed by atoms with Crippen molar-refractivity contribution in [1.82, 2.24) is 20.0 Å². The topological polar surface area (TPSA) is 65.1 Å². The Morgan fingerprint density at radius 1 is 0.830 bits per heavy atom. The van der Waals surface area contributed by atoms with Crippen molar-refractivity contribution in [2.45, 2.75) is 43.8 Å². The summed E-state index contributed by atoms with van der Waals surface area (Å²) >= 11 is 0. The van der Waals surface area contributed by atoms with Gasteiger partial charge in [0.05, 0.1) is 30.8 Å². The summed E-state index contributed by atoms with van der Waals surface area (Å²) in [7, 11) is 1.47. The number of piperazine rings is 1. The molecule has 2 heterocycles. The van der Waals surface area contributed by atoms with Crippen LogP contribution < -0.4 is 10.1 Å². The molecule has 0 radical (unpaired) electrons. The zero-order chi connectivity index (χ0) is 33.8. The lowest BCUT2D eigenvalue weighted by Crippen LogP contribution is -2.54. The van der Waals surface area contributed by atoms with Crippen LogP contribution in [0.25, 0.3) is 0 Å². The molecule has 0 aromatic heterocycles. The predicted molar refractivity (Wildman–Crippen MR) is 163 cm³/mol. The Morgan fingerprint density at radius 3 is 2.11 bits per heavy atom. The SMILES string of the molecule is COc1cccc(C2CN(C(=O)c3cc(C(F)(F)F)cc(C(F)(F)F)c3)CCN2C(=O)CNC2CCN(Cc3ccccc3)CC2)c1. The molecule has 2 saturated heterocycles. The van der Waals surface area contributed by atoms with Gasteiger partial charge in [0.2, 0.25) is 5.91 Å². The largest absolute Gasteiger partial charge is 0.497 e. The molecular formula is C34H36F6N4O3. The van der Waals surface area contributed by atoms with Gasteiger partial charge in [-0.25, -0.2) is 0 Å². The second-order valence-electron chi connectivity index (χ2n) is 11.8. The van der Waals surface area contributed by atoms with Crippen LogP contribution in [0.15, 0.2) is 72.8 Å². The first-order valence-corrected chi connectivity index (χ1v) is 15.3. The number of likely N-dealkylation sites (tertiary alicyclic amines) is 1. The Kier molecular flexibility index (Phi) is 10.5. The van der Waals surface area contributed by atoms with Crippen molar-refractivity contribution < 1.29 is 40.7 Å². The van der Waals surface area contributed by atoms with Crippen LogP contribution >= 0.6 is 0 Å². The number of methoxy groups -OCH3 is 1. The Balaban J connectivity index is 1.29. The summed E-state index contributed by atoms with van der Waals surface area (Å²) in [4.78, 5) is 32.2. The Morgan fingerprint density at radius 2 is 1.49 bits per heavy atom. The van der Waals surface area contributed by atoms with Gasteiger partial charge in [0.25, 0.3) is 5.91 Å². The second kappa shape index (κ2) is 14.3. The van der Waals surface area contributed by atoms with Gasteiger partial charge in [-0.2, -0.15) is 26.3 Å². The average molecular weight is 663 g/mol. The van der Waals surface area contributed by atoms with Crippen molar-refractivity contribution in [3.63, 3.8) is 0 Å². The number of carbonyl (C=O) groups excluding carboxylic acids is 2. The number of amides is 2. The van der Waals surface area contributed by atoms with Crippen molar-refractivity contribution in [1.29, 1.82) is 0 Å². The fourth-order valence-corrected chi connectivity index (χ4v) is 6.13. The summed E-state index contributed by atoms with van der Waals surface area (Å²) in [5.41, 5.74) is -2.00. The minimum Gasteiger partial charge on any atom is -0.497 e. The molecule has 7 nitrogen and oxygen atoms in total. The molecule has 0 saturated carbocycles. The Labute approximate surface area is 269 Å². The first kappa shape index (κ1) is 34.2. The number of benzene rings is 3. The normalized spacial score (nSPS) is 18.3. The number of halogens is 6. The average Bonchev–Trinajstić information content (AvgIpc) is 3.06. The molecular weight excluding hydrogens is 626 g/mol. The number of nitrogens with zero attached hydrogens (tertiary/aromatic N) is 3. The summed E-state index contributed by atoms with van der Waals surface area (Å²) in [6.07, 6.45) is -8.46. The first-order chi connectivity index (χ1) is 22.3. The number of piperidine rings is 1. The molecule has 0 aliphatic carbocycles. The van der Waals surface area contributed by atoms with Gasteiger partial charge in [-0.1, -0.05) is 42.5 Å². The standard InChI is InChI=1S/C34H36F6N4O3/c1-47-29-9-5-8-24(18-29)30-22-43(32(46)25-16-26(33(35,36)37)19-27(17-25)34(38,39)40)14-15-44(30)31(45)20-41-28-10-12-42(13-11-28)21-23-6-3-2-4-7-23/h2-9,16-19,28,30,41H,10-15,20-22H2,1H3. The van der Waals surface area contributed by atoms with E-state index in [-0.39, 0.29) is 44.2 Å². The van der Waals surface area contributed by atoms with E-state index in [1.54, 1.807) is 29.2 Å². The fourth-order valence-electron chi connectivity index (χ4n) is 6.13. The number of carbonyl (C=O) groups is 2.